The van der Waals surface area contributed by atoms with Gasteiger partial charge in [-0.1, -0.05) is 0 Å². The number of aliphatic hydroxyl groups excluding tert-OH is 1. The van der Waals surface area contributed by atoms with Crippen molar-refractivity contribution < 1.29 is 5.11 Å². The lowest BCUT2D eigenvalue weighted by molar-refractivity contribution is 0.286. The van der Waals surface area contributed by atoms with Crippen LogP contribution in [-0.4, -0.2) is 51.3 Å². The third kappa shape index (κ3) is 2.69. The molecule has 20 heavy (non-hydrogen) atoms. The van der Waals surface area contributed by atoms with Crippen LogP contribution in [0.25, 0.3) is 11.2 Å². The molecule has 5 nitrogen and oxygen atoms in total. The van der Waals surface area contributed by atoms with Crippen LogP contribution in [0.4, 0.5) is 0 Å². The van der Waals surface area contributed by atoms with Crippen molar-refractivity contribution in [2.24, 2.45) is 5.92 Å². The molecule has 0 radical (unpaired) electrons. The Morgan fingerprint density at radius 3 is 3.10 bits per heavy atom. The maximum absolute atomic E-state index is 9.05. The van der Waals surface area contributed by atoms with Gasteiger partial charge in [0.05, 0.1) is 0 Å². The molecule has 1 fully saturated rings. The summed E-state index contributed by atoms with van der Waals surface area (Å²) in [6.07, 6.45) is 4.64. The summed E-state index contributed by atoms with van der Waals surface area (Å²) in [5.41, 5.74) is 1.95. The number of hydrogen-bond donors (Lipinski definition) is 1. The van der Waals surface area contributed by atoms with Gasteiger partial charge in [0, 0.05) is 32.3 Å². The highest BCUT2D eigenvalue weighted by Gasteiger charge is 2.22. The Bertz CT molecular complexity index is 580. The van der Waals surface area contributed by atoms with E-state index in [1.54, 1.807) is 0 Å². The minimum atomic E-state index is 0.211. The maximum Gasteiger partial charge on any atom is 0.159 e. The molecular formula is C15H22N4O. The first-order valence-corrected chi connectivity index (χ1v) is 7.37. The van der Waals surface area contributed by atoms with Crippen LogP contribution in [-0.2, 0) is 13.0 Å². The van der Waals surface area contributed by atoms with Gasteiger partial charge < -0.3 is 14.6 Å². The molecule has 1 N–H and O–H groups in total. The van der Waals surface area contributed by atoms with E-state index < -0.39 is 0 Å². The van der Waals surface area contributed by atoms with E-state index >= 15 is 0 Å². The van der Waals surface area contributed by atoms with Gasteiger partial charge in [-0.05, 0) is 44.5 Å². The van der Waals surface area contributed by atoms with Gasteiger partial charge in [-0.3, -0.25) is 0 Å². The first-order valence-electron chi connectivity index (χ1n) is 7.37. The molecule has 108 valence electrons. The predicted molar refractivity (Wildman–Crippen MR) is 78.5 cm³/mol. The summed E-state index contributed by atoms with van der Waals surface area (Å²) in [5, 5.41) is 9.05. The van der Waals surface area contributed by atoms with Crippen LogP contribution in [0.15, 0.2) is 18.3 Å². The van der Waals surface area contributed by atoms with Crippen molar-refractivity contribution in [1.82, 2.24) is 19.4 Å². The van der Waals surface area contributed by atoms with Crippen LogP contribution in [0, 0.1) is 5.92 Å². The quantitative estimate of drug-likeness (QED) is 0.893. The number of fused-ring (bicyclic) bond motifs is 1. The molecule has 0 spiro atoms. The van der Waals surface area contributed by atoms with Gasteiger partial charge in [0.2, 0.25) is 0 Å². The molecule has 1 unspecified atom stereocenters. The zero-order valence-electron chi connectivity index (χ0n) is 12.0. The first-order chi connectivity index (χ1) is 9.78. The lowest BCUT2D eigenvalue weighted by Gasteiger charge is -2.14. The molecule has 1 aliphatic heterocycles. The average molecular weight is 274 g/mol. The molecule has 5 heteroatoms. The standard InChI is InChI=1S/C15H22N4O/c1-18-8-6-12(10-18)11-19-14(5-3-9-20)17-13-4-2-7-16-15(13)19/h2,4,7,12,20H,3,5-6,8-11H2,1H3. The topological polar surface area (TPSA) is 54.2 Å². The lowest BCUT2D eigenvalue weighted by Crippen LogP contribution is -2.18. The Balaban J connectivity index is 1.89. The number of pyridine rings is 1. The smallest absolute Gasteiger partial charge is 0.159 e. The first kappa shape index (κ1) is 13.5. The molecule has 0 aliphatic carbocycles. The van der Waals surface area contributed by atoms with Crippen molar-refractivity contribution in [3.63, 3.8) is 0 Å². The minimum Gasteiger partial charge on any atom is -0.396 e. The third-order valence-corrected chi connectivity index (χ3v) is 4.07. The average Bonchev–Trinajstić information content (AvgIpc) is 3.02. The van der Waals surface area contributed by atoms with E-state index in [0.29, 0.717) is 5.92 Å². The van der Waals surface area contributed by atoms with E-state index in [1.807, 2.05) is 18.3 Å². The summed E-state index contributed by atoms with van der Waals surface area (Å²) in [6, 6.07) is 3.95. The Hall–Kier alpha value is -1.46. The number of hydrogen-bond acceptors (Lipinski definition) is 4. The van der Waals surface area contributed by atoms with Gasteiger partial charge in [0.15, 0.2) is 5.65 Å². The highest BCUT2D eigenvalue weighted by molar-refractivity contribution is 5.71. The number of aromatic nitrogens is 3. The van der Waals surface area contributed by atoms with E-state index in [0.717, 1.165) is 42.9 Å². The van der Waals surface area contributed by atoms with Crippen molar-refractivity contribution in [1.29, 1.82) is 0 Å². The van der Waals surface area contributed by atoms with Crippen LogP contribution < -0.4 is 0 Å². The van der Waals surface area contributed by atoms with Gasteiger partial charge in [-0.25, -0.2) is 9.97 Å². The van der Waals surface area contributed by atoms with Crippen LogP contribution in [0.2, 0.25) is 0 Å². The Morgan fingerprint density at radius 2 is 2.35 bits per heavy atom. The summed E-state index contributed by atoms with van der Waals surface area (Å²) in [4.78, 5) is 11.6. The zero-order valence-corrected chi connectivity index (χ0v) is 12.0. The number of imidazole rings is 1. The molecule has 1 saturated heterocycles. The molecule has 0 amide bonds. The van der Waals surface area contributed by atoms with Crippen LogP contribution in [0.3, 0.4) is 0 Å². The van der Waals surface area contributed by atoms with Gasteiger partial charge in [0.25, 0.3) is 0 Å². The molecule has 1 atom stereocenters. The summed E-state index contributed by atoms with van der Waals surface area (Å²) in [5.74, 6) is 1.73. The van der Waals surface area contributed by atoms with Crippen LogP contribution in [0.1, 0.15) is 18.7 Å². The minimum absolute atomic E-state index is 0.211. The Morgan fingerprint density at radius 1 is 1.45 bits per heavy atom. The summed E-state index contributed by atoms with van der Waals surface area (Å²) in [6.45, 7) is 3.52. The van der Waals surface area contributed by atoms with Gasteiger partial charge in [-0.15, -0.1) is 0 Å². The SMILES string of the molecule is CN1CCC(Cn2c(CCCO)nc3cccnc32)C1. The van der Waals surface area contributed by atoms with Gasteiger partial charge in [0.1, 0.15) is 11.3 Å². The summed E-state index contributed by atoms with van der Waals surface area (Å²) < 4.78 is 2.26. The molecule has 0 bridgehead atoms. The lowest BCUT2D eigenvalue weighted by atomic mass is 10.1. The molecule has 1 aliphatic rings. The molecule has 3 rings (SSSR count). The van der Waals surface area contributed by atoms with Crippen molar-refractivity contribution in [3.8, 4) is 0 Å². The highest BCUT2D eigenvalue weighted by atomic mass is 16.2. The molecule has 2 aromatic heterocycles. The fraction of sp³-hybridized carbons (Fsp3) is 0.600. The zero-order chi connectivity index (χ0) is 13.9. The second-order valence-electron chi connectivity index (χ2n) is 5.73. The van der Waals surface area contributed by atoms with Crippen molar-refractivity contribution in [2.45, 2.75) is 25.8 Å². The normalized spacial score (nSPS) is 20.0. The largest absolute Gasteiger partial charge is 0.396 e. The van der Waals surface area contributed by atoms with E-state index in [9.17, 15) is 0 Å². The van der Waals surface area contributed by atoms with E-state index in [2.05, 4.69) is 26.5 Å². The number of aliphatic hydroxyl groups is 1. The number of rotatable bonds is 5. The Kier molecular flexibility index (Phi) is 3.98. The van der Waals surface area contributed by atoms with Gasteiger partial charge >= 0.3 is 0 Å². The summed E-state index contributed by atoms with van der Waals surface area (Å²) in [7, 11) is 2.18. The monoisotopic (exact) mass is 274 g/mol. The summed E-state index contributed by atoms with van der Waals surface area (Å²) >= 11 is 0. The third-order valence-electron chi connectivity index (χ3n) is 4.07. The Labute approximate surface area is 119 Å². The predicted octanol–water partition coefficient (Wildman–Crippen LogP) is 1.31. The molecule has 0 aromatic carbocycles. The van der Waals surface area contributed by atoms with Crippen molar-refractivity contribution in [3.05, 3.63) is 24.2 Å². The maximum atomic E-state index is 9.05. The number of likely N-dealkylation sites (tertiary alicyclic amines) is 1. The second kappa shape index (κ2) is 5.89. The van der Waals surface area contributed by atoms with Crippen LogP contribution in [0.5, 0.6) is 0 Å². The molecule has 3 heterocycles. The van der Waals surface area contributed by atoms with E-state index in [1.165, 1.54) is 13.0 Å². The van der Waals surface area contributed by atoms with Gasteiger partial charge in [-0.2, -0.15) is 0 Å². The molecule has 0 saturated carbocycles. The fourth-order valence-electron chi connectivity index (χ4n) is 3.06. The van der Waals surface area contributed by atoms with Crippen molar-refractivity contribution >= 4 is 11.2 Å². The number of aryl methyl sites for hydroxylation is 1. The molecular weight excluding hydrogens is 252 g/mol. The fourth-order valence-corrected chi connectivity index (χ4v) is 3.06. The van der Waals surface area contributed by atoms with E-state index in [-0.39, 0.29) is 6.61 Å². The van der Waals surface area contributed by atoms with Crippen LogP contribution >= 0.6 is 0 Å². The molecule has 2 aromatic rings. The second-order valence-corrected chi connectivity index (χ2v) is 5.73. The highest BCUT2D eigenvalue weighted by Crippen LogP contribution is 2.21. The van der Waals surface area contributed by atoms with E-state index in [4.69, 9.17) is 5.11 Å². The van der Waals surface area contributed by atoms with Crippen molar-refractivity contribution in [2.75, 3.05) is 26.7 Å². The number of nitrogens with zero attached hydrogens (tertiary/aromatic N) is 4.